The predicted octanol–water partition coefficient (Wildman–Crippen LogP) is 4.72. The maximum atomic E-state index is 5.92. The van der Waals surface area contributed by atoms with Crippen LogP contribution in [0.2, 0.25) is 0 Å². The van der Waals surface area contributed by atoms with Gasteiger partial charge in [0.1, 0.15) is 17.4 Å². The standard InChI is InChI=1S/C16H21NOS2/c1-4-6-13-15(10-19)20-16(17-13)9-18-14-8-5-7-11(2)12(14)3/h5,7-8,19H,4,6,9-10H2,1-3H3. The van der Waals surface area contributed by atoms with E-state index in [2.05, 4.69) is 44.5 Å². The van der Waals surface area contributed by atoms with Crippen LogP contribution in [0, 0.1) is 13.8 Å². The van der Waals surface area contributed by atoms with Gasteiger partial charge in [-0.05, 0) is 37.5 Å². The highest BCUT2D eigenvalue weighted by Crippen LogP contribution is 2.25. The lowest BCUT2D eigenvalue weighted by molar-refractivity contribution is 0.303. The molecule has 0 saturated heterocycles. The Morgan fingerprint density at radius 2 is 2.10 bits per heavy atom. The van der Waals surface area contributed by atoms with E-state index in [0.717, 1.165) is 29.4 Å². The van der Waals surface area contributed by atoms with Gasteiger partial charge in [0.05, 0.1) is 5.69 Å². The first-order valence-corrected chi connectivity index (χ1v) is 8.38. The molecule has 0 unspecified atom stereocenters. The number of hydrogen-bond donors (Lipinski definition) is 1. The molecule has 108 valence electrons. The van der Waals surface area contributed by atoms with Crippen LogP contribution in [0.4, 0.5) is 0 Å². The number of hydrogen-bond acceptors (Lipinski definition) is 4. The van der Waals surface area contributed by atoms with Crippen LogP contribution in [0.5, 0.6) is 5.75 Å². The lowest BCUT2D eigenvalue weighted by Gasteiger charge is -2.09. The Kier molecular flexibility index (Phi) is 5.49. The molecule has 2 rings (SSSR count). The SMILES string of the molecule is CCCc1nc(COc2cccc(C)c2C)sc1CS. The van der Waals surface area contributed by atoms with Gasteiger partial charge in [0.15, 0.2) is 0 Å². The number of thiazole rings is 1. The molecule has 20 heavy (non-hydrogen) atoms. The predicted molar refractivity (Wildman–Crippen MR) is 89.0 cm³/mol. The number of rotatable bonds is 6. The van der Waals surface area contributed by atoms with Crippen molar-refractivity contribution in [3.05, 3.63) is 44.9 Å². The quantitative estimate of drug-likeness (QED) is 0.780. The van der Waals surface area contributed by atoms with Gasteiger partial charge < -0.3 is 4.74 Å². The summed E-state index contributed by atoms with van der Waals surface area (Å²) in [5, 5.41) is 1.04. The molecular formula is C16H21NOS2. The second-order valence-corrected chi connectivity index (χ2v) is 6.36. The highest BCUT2D eigenvalue weighted by Gasteiger charge is 2.10. The van der Waals surface area contributed by atoms with Crippen molar-refractivity contribution < 1.29 is 4.74 Å². The van der Waals surface area contributed by atoms with Gasteiger partial charge in [-0.3, -0.25) is 0 Å². The summed E-state index contributed by atoms with van der Waals surface area (Å²) in [6, 6.07) is 6.15. The summed E-state index contributed by atoms with van der Waals surface area (Å²) in [4.78, 5) is 5.96. The lowest BCUT2D eigenvalue weighted by atomic mass is 10.1. The molecule has 0 aliphatic heterocycles. The molecule has 0 fully saturated rings. The Morgan fingerprint density at radius 3 is 2.80 bits per heavy atom. The number of nitrogens with zero attached hydrogens (tertiary/aromatic N) is 1. The van der Waals surface area contributed by atoms with E-state index in [1.807, 2.05) is 12.1 Å². The third kappa shape index (κ3) is 3.55. The molecule has 0 amide bonds. The molecule has 2 nitrogen and oxygen atoms in total. The number of benzene rings is 1. The number of ether oxygens (including phenoxy) is 1. The molecule has 0 atom stereocenters. The van der Waals surface area contributed by atoms with Crippen LogP contribution >= 0.6 is 24.0 Å². The molecule has 1 aromatic heterocycles. The van der Waals surface area contributed by atoms with Crippen molar-refractivity contribution >= 4 is 24.0 Å². The fraction of sp³-hybridized carbons (Fsp3) is 0.438. The monoisotopic (exact) mass is 307 g/mol. The number of aryl methyl sites for hydroxylation is 2. The van der Waals surface area contributed by atoms with E-state index in [-0.39, 0.29) is 0 Å². The molecule has 0 aliphatic carbocycles. The average molecular weight is 307 g/mol. The summed E-state index contributed by atoms with van der Waals surface area (Å²) in [5.41, 5.74) is 3.64. The van der Waals surface area contributed by atoms with E-state index in [1.165, 1.54) is 21.7 Å². The van der Waals surface area contributed by atoms with Gasteiger partial charge in [-0.2, -0.15) is 12.6 Å². The third-order valence-electron chi connectivity index (χ3n) is 3.36. The van der Waals surface area contributed by atoms with Crippen molar-refractivity contribution in [2.24, 2.45) is 0 Å². The largest absolute Gasteiger partial charge is 0.486 e. The van der Waals surface area contributed by atoms with Crippen LogP contribution in [0.3, 0.4) is 0 Å². The van der Waals surface area contributed by atoms with Gasteiger partial charge in [-0.15, -0.1) is 11.3 Å². The van der Waals surface area contributed by atoms with Crippen molar-refractivity contribution in [3.63, 3.8) is 0 Å². The summed E-state index contributed by atoms with van der Waals surface area (Å²) in [7, 11) is 0. The average Bonchev–Trinajstić information content (AvgIpc) is 2.83. The van der Waals surface area contributed by atoms with Crippen LogP contribution < -0.4 is 4.74 Å². The topological polar surface area (TPSA) is 22.1 Å². The molecule has 4 heteroatoms. The molecule has 1 heterocycles. The molecule has 0 aliphatic rings. The first kappa shape index (κ1) is 15.4. The maximum Gasteiger partial charge on any atom is 0.140 e. The lowest BCUT2D eigenvalue weighted by Crippen LogP contribution is -1.98. The summed E-state index contributed by atoms with van der Waals surface area (Å²) in [6.45, 7) is 6.91. The van der Waals surface area contributed by atoms with Gasteiger partial charge in [0.25, 0.3) is 0 Å². The Balaban J connectivity index is 2.09. The fourth-order valence-corrected chi connectivity index (χ4v) is 3.34. The van der Waals surface area contributed by atoms with E-state index in [9.17, 15) is 0 Å². The molecule has 2 aromatic rings. The zero-order chi connectivity index (χ0) is 14.5. The third-order valence-corrected chi connectivity index (χ3v) is 4.96. The normalized spacial score (nSPS) is 10.8. The van der Waals surface area contributed by atoms with Crippen LogP contribution in [-0.2, 0) is 18.8 Å². The minimum atomic E-state index is 0.541. The molecule has 0 radical (unpaired) electrons. The summed E-state index contributed by atoms with van der Waals surface area (Å²) in [5.74, 6) is 1.71. The number of aromatic nitrogens is 1. The summed E-state index contributed by atoms with van der Waals surface area (Å²) < 4.78 is 5.92. The van der Waals surface area contributed by atoms with E-state index in [4.69, 9.17) is 4.74 Å². The second-order valence-electron chi connectivity index (χ2n) is 4.87. The summed E-state index contributed by atoms with van der Waals surface area (Å²) in [6.07, 6.45) is 2.14. The van der Waals surface area contributed by atoms with Crippen LogP contribution in [-0.4, -0.2) is 4.98 Å². The van der Waals surface area contributed by atoms with Crippen LogP contribution in [0.1, 0.15) is 40.1 Å². The minimum absolute atomic E-state index is 0.541. The highest BCUT2D eigenvalue weighted by molar-refractivity contribution is 7.79. The Morgan fingerprint density at radius 1 is 1.30 bits per heavy atom. The first-order chi connectivity index (χ1) is 9.65. The molecule has 0 N–H and O–H groups in total. The molecule has 0 bridgehead atoms. The van der Waals surface area contributed by atoms with Crippen LogP contribution in [0.15, 0.2) is 18.2 Å². The van der Waals surface area contributed by atoms with Crippen LogP contribution in [0.25, 0.3) is 0 Å². The Hall–Kier alpha value is -1.00. The smallest absolute Gasteiger partial charge is 0.140 e. The Labute approximate surface area is 130 Å². The van der Waals surface area contributed by atoms with Gasteiger partial charge in [0, 0.05) is 10.6 Å². The highest BCUT2D eigenvalue weighted by atomic mass is 32.1. The van der Waals surface area contributed by atoms with Gasteiger partial charge in [-0.25, -0.2) is 4.98 Å². The van der Waals surface area contributed by atoms with E-state index >= 15 is 0 Å². The maximum absolute atomic E-state index is 5.92. The molecular weight excluding hydrogens is 286 g/mol. The Bertz CT molecular complexity index is 578. The zero-order valence-corrected chi connectivity index (χ0v) is 14.0. The number of thiol groups is 1. The molecule has 0 saturated carbocycles. The molecule has 1 aromatic carbocycles. The minimum Gasteiger partial charge on any atom is -0.486 e. The van der Waals surface area contributed by atoms with Crippen molar-refractivity contribution in [3.8, 4) is 5.75 Å². The van der Waals surface area contributed by atoms with Crippen molar-refractivity contribution in [1.29, 1.82) is 0 Å². The van der Waals surface area contributed by atoms with E-state index in [0.29, 0.717) is 6.61 Å². The zero-order valence-electron chi connectivity index (χ0n) is 12.3. The first-order valence-electron chi connectivity index (χ1n) is 6.93. The fourth-order valence-electron chi connectivity index (χ4n) is 2.07. The molecule has 0 spiro atoms. The van der Waals surface area contributed by atoms with Gasteiger partial charge >= 0.3 is 0 Å². The van der Waals surface area contributed by atoms with E-state index in [1.54, 1.807) is 11.3 Å². The van der Waals surface area contributed by atoms with Crippen molar-refractivity contribution in [1.82, 2.24) is 4.98 Å². The van der Waals surface area contributed by atoms with Gasteiger partial charge in [-0.1, -0.05) is 25.5 Å². The van der Waals surface area contributed by atoms with Gasteiger partial charge in [0.2, 0.25) is 0 Å². The second kappa shape index (κ2) is 7.14. The van der Waals surface area contributed by atoms with Crippen molar-refractivity contribution in [2.45, 2.75) is 46.0 Å². The van der Waals surface area contributed by atoms with E-state index < -0.39 is 0 Å². The van der Waals surface area contributed by atoms with Crippen molar-refractivity contribution in [2.75, 3.05) is 0 Å². The summed E-state index contributed by atoms with van der Waals surface area (Å²) >= 11 is 6.10.